The lowest BCUT2D eigenvalue weighted by Crippen LogP contribution is -2.06. The molecule has 0 fully saturated rings. The van der Waals surface area contributed by atoms with Gasteiger partial charge in [-0.1, -0.05) is 24.3 Å². The summed E-state index contributed by atoms with van der Waals surface area (Å²) in [6.07, 6.45) is 0.297. The SMILES string of the molecule is O=C(O)CC(O)c1cccc2cccnc12. The number of rotatable bonds is 3. The van der Waals surface area contributed by atoms with Crippen LogP contribution in [0.25, 0.3) is 10.9 Å². The van der Waals surface area contributed by atoms with E-state index in [4.69, 9.17) is 5.11 Å². The zero-order valence-electron chi connectivity index (χ0n) is 8.50. The molecule has 82 valence electrons. The van der Waals surface area contributed by atoms with E-state index in [2.05, 4.69) is 4.98 Å². The van der Waals surface area contributed by atoms with E-state index < -0.39 is 12.1 Å². The third-order valence-electron chi connectivity index (χ3n) is 2.39. The van der Waals surface area contributed by atoms with Gasteiger partial charge in [0, 0.05) is 17.1 Å². The van der Waals surface area contributed by atoms with Crippen molar-refractivity contribution < 1.29 is 15.0 Å². The van der Waals surface area contributed by atoms with Crippen molar-refractivity contribution in [3.05, 3.63) is 42.1 Å². The Balaban J connectivity index is 2.47. The Kier molecular flexibility index (Phi) is 2.83. The van der Waals surface area contributed by atoms with E-state index in [1.807, 2.05) is 12.1 Å². The van der Waals surface area contributed by atoms with Gasteiger partial charge in [-0.3, -0.25) is 9.78 Å². The van der Waals surface area contributed by atoms with Crippen LogP contribution < -0.4 is 0 Å². The number of pyridine rings is 1. The molecule has 4 heteroatoms. The molecule has 0 aliphatic heterocycles. The van der Waals surface area contributed by atoms with Gasteiger partial charge >= 0.3 is 5.97 Å². The summed E-state index contributed by atoms with van der Waals surface area (Å²) in [5.41, 5.74) is 1.21. The van der Waals surface area contributed by atoms with Gasteiger partial charge in [0.05, 0.1) is 18.0 Å². The van der Waals surface area contributed by atoms with Crippen LogP contribution in [-0.4, -0.2) is 21.2 Å². The second-order valence-corrected chi connectivity index (χ2v) is 3.54. The Morgan fingerprint density at radius 2 is 2.06 bits per heavy atom. The molecule has 1 atom stereocenters. The third kappa shape index (κ3) is 2.01. The normalized spacial score (nSPS) is 12.6. The van der Waals surface area contributed by atoms with E-state index in [-0.39, 0.29) is 6.42 Å². The quantitative estimate of drug-likeness (QED) is 0.821. The summed E-state index contributed by atoms with van der Waals surface area (Å²) in [6, 6.07) is 9.03. The highest BCUT2D eigenvalue weighted by atomic mass is 16.4. The first kappa shape index (κ1) is 10.6. The Morgan fingerprint density at radius 1 is 1.31 bits per heavy atom. The van der Waals surface area contributed by atoms with Crippen molar-refractivity contribution >= 4 is 16.9 Å². The van der Waals surface area contributed by atoms with Gasteiger partial charge in [0.15, 0.2) is 0 Å². The van der Waals surface area contributed by atoms with Crippen LogP contribution in [0, 0.1) is 0 Å². The lowest BCUT2D eigenvalue weighted by molar-refractivity contribution is -0.139. The zero-order valence-corrected chi connectivity index (χ0v) is 8.50. The van der Waals surface area contributed by atoms with E-state index in [1.54, 1.807) is 24.4 Å². The Hall–Kier alpha value is -1.94. The fourth-order valence-electron chi connectivity index (χ4n) is 1.67. The van der Waals surface area contributed by atoms with Crippen molar-refractivity contribution in [1.82, 2.24) is 4.98 Å². The first-order chi connectivity index (χ1) is 7.68. The Bertz CT molecular complexity index is 519. The van der Waals surface area contributed by atoms with Gasteiger partial charge < -0.3 is 10.2 Å². The number of carboxylic acid groups (broad SMARTS) is 1. The number of nitrogens with zero attached hydrogens (tertiary/aromatic N) is 1. The standard InChI is InChI=1S/C12H11NO3/c14-10(7-11(15)16)9-5-1-3-8-4-2-6-13-12(8)9/h1-6,10,14H,7H2,(H,15,16). The molecule has 1 unspecified atom stereocenters. The molecule has 2 rings (SSSR count). The molecule has 0 saturated heterocycles. The molecule has 2 aromatic rings. The maximum atomic E-state index is 10.5. The second-order valence-electron chi connectivity index (χ2n) is 3.54. The summed E-state index contributed by atoms with van der Waals surface area (Å²) in [7, 11) is 0. The van der Waals surface area contributed by atoms with Crippen LogP contribution in [0.4, 0.5) is 0 Å². The molecule has 4 nitrogen and oxygen atoms in total. The molecule has 0 bridgehead atoms. The summed E-state index contributed by atoms with van der Waals surface area (Å²) in [5, 5.41) is 19.3. The molecular formula is C12H11NO3. The molecule has 0 amide bonds. The lowest BCUT2D eigenvalue weighted by atomic mass is 10.0. The lowest BCUT2D eigenvalue weighted by Gasteiger charge is -2.10. The maximum absolute atomic E-state index is 10.5. The minimum atomic E-state index is -1.03. The van der Waals surface area contributed by atoms with Crippen LogP contribution in [-0.2, 0) is 4.79 Å². The van der Waals surface area contributed by atoms with E-state index in [1.165, 1.54) is 0 Å². The van der Waals surface area contributed by atoms with Crippen molar-refractivity contribution in [2.75, 3.05) is 0 Å². The van der Waals surface area contributed by atoms with E-state index in [0.717, 1.165) is 5.39 Å². The number of aliphatic hydroxyl groups is 1. The highest BCUT2D eigenvalue weighted by Gasteiger charge is 2.15. The van der Waals surface area contributed by atoms with Gasteiger partial charge in [-0.25, -0.2) is 0 Å². The predicted octanol–water partition coefficient (Wildman–Crippen LogP) is 1.74. The summed E-state index contributed by atoms with van der Waals surface area (Å²) in [4.78, 5) is 14.7. The summed E-state index contributed by atoms with van der Waals surface area (Å²) < 4.78 is 0. The molecule has 1 heterocycles. The largest absolute Gasteiger partial charge is 0.481 e. The van der Waals surface area contributed by atoms with E-state index in [9.17, 15) is 9.90 Å². The van der Waals surface area contributed by atoms with Crippen LogP contribution in [0.2, 0.25) is 0 Å². The highest BCUT2D eigenvalue weighted by molar-refractivity contribution is 5.82. The van der Waals surface area contributed by atoms with Crippen LogP contribution >= 0.6 is 0 Å². The first-order valence-electron chi connectivity index (χ1n) is 4.92. The number of aliphatic carboxylic acids is 1. The molecule has 0 aliphatic carbocycles. The van der Waals surface area contributed by atoms with E-state index >= 15 is 0 Å². The minimum absolute atomic E-state index is 0.310. The predicted molar refractivity (Wildman–Crippen MR) is 59.0 cm³/mol. The fraction of sp³-hybridized carbons (Fsp3) is 0.167. The number of aromatic nitrogens is 1. The molecule has 2 N–H and O–H groups in total. The third-order valence-corrected chi connectivity index (χ3v) is 2.39. The van der Waals surface area contributed by atoms with Gasteiger partial charge in [0.2, 0.25) is 0 Å². The van der Waals surface area contributed by atoms with E-state index in [0.29, 0.717) is 11.1 Å². The van der Waals surface area contributed by atoms with Gasteiger partial charge in [-0.15, -0.1) is 0 Å². The van der Waals surface area contributed by atoms with Crippen molar-refractivity contribution in [2.45, 2.75) is 12.5 Å². The molecule has 1 aromatic carbocycles. The molecule has 0 saturated carbocycles. The number of aliphatic hydroxyl groups excluding tert-OH is 1. The molecule has 0 spiro atoms. The fourth-order valence-corrected chi connectivity index (χ4v) is 1.67. The maximum Gasteiger partial charge on any atom is 0.306 e. The average Bonchev–Trinajstić information content (AvgIpc) is 2.27. The molecule has 1 aromatic heterocycles. The van der Waals surface area contributed by atoms with Gasteiger partial charge in [0.1, 0.15) is 0 Å². The average molecular weight is 217 g/mol. The number of hydrogen-bond acceptors (Lipinski definition) is 3. The van der Waals surface area contributed by atoms with Gasteiger partial charge in [0.25, 0.3) is 0 Å². The summed E-state index contributed by atoms with van der Waals surface area (Å²) >= 11 is 0. The van der Waals surface area contributed by atoms with Gasteiger partial charge in [-0.2, -0.15) is 0 Å². The van der Waals surface area contributed by atoms with Crippen molar-refractivity contribution in [3.8, 4) is 0 Å². The zero-order chi connectivity index (χ0) is 11.5. The number of carbonyl (C=O) groups is 1. The van der Waals surface area contributed by atoms with Gasteiger partial charge in [-0.05, 0) is 6.07 Å². The van der Waals surface area contributed by atoms with Crippen molar-refractivity contribution in [2.24, 2.45) is 0 Å². The van der Waals surface area contributed by atoms with Crippen molar-refractivity contribution in [3.63, 3.8) is 0 Å². The number of carboxylic acids is 1. The Morgan fingerprint density at radius 3 is 2.81 bits per heavy atom. The number of fused-ring (bicyclic) bond motifs is 1. The number of benzene rings is 1. The molecule has 16 heavy (non-hydrogen) atoms. The number of para-hydroxylation sites is 1. The van der Waals surface area contributed by atoms with Crippen molar-refractivity contribution in [1.29, 1.82) is 0 Å². The minimum Gasteiger partial charge on any atom is -0.481 e. The van der Waals surface area contributed by atoms with Crippen LogP contribution in [0.5, 0.6) is 0 Å². The molecular weight excluding hydrogens is 206 g/mol. The summed E-state index contributed by atoms with van der Waals surface area (Å²) in [5.74, 6) is -1.03. The highest BCUT2D eigenvalue weighted by Crippen LogP contribution is 2.24. The monoisotopic (exact) mass is 217 g/mol. The molecule has 0 aliphatic rings. The topological polar surface area (TPSA) is 70.4 Å². The first-order valence-corrected chi connectivity index (χ1v) is 4.92. The van der Waals surface area contributed by atoms with Crippen LogP contribution in [0.1, 0.15) is 18.1 Å². The summed E-state index contributed by atoms with van der Waals surface area (Å²) in [6.45, 7) is 0. The van der Waals surface area contributed by atoms with Crippen LogP contribution in [0.3, 0.4) is 0 Å². The second kappa shape index (κ2) is 4.28. The van der Waals surface area contributed by atoms with Crippen LogP contribution in [0.15, 0.2) is 36.5 Å². The smallest absolute Gasteiger partial charge is 0.306 e. The number of hydrogen-bond donors (Lipinski definition) is 2. The molecule has 0 radical (unpaired) electrons. The Labute approximate surface area is 92.2 Å².